The van der Waals surface area contributed by atoms with Crippen LogP contribution >= 0.6 is 23.2 Å². The Kier molecular flexibility index (Phi) is 10.7. The molecular formula is C28H30Cl2FN3O4S. The molecule has 0 aliphatic rings. The molecule has 11 heteroatoms. The summed E-state index contributed by atoms with van der Waals surface area (Å²) in [6.45, 7) is 3.42. The van der Waals surface area contributed by atoms with Gasteiger partial charge in [0.1, 0.15) is 18.4 Å². The lowest BCUT2D eigenvalue weighted by atomic mass is 10.1. The van der Waals surface area contributed by atoms with Gasteiger partial charge in [-0.3, -0.25) is 13.9 Å². The van der Waals surface area contributed by atoms with Crippen LogP contribution in [0.3, 0.4) is 0 Å². The minimum Gasteiger partial charge on any atom is -0.354 e. The van der Waals surface area contributed by atoms with E-state index in [0.29, 0.717) is 18.5 Å². The van der Waals surface area contributed by atoms with Crippen molar-refractivity contribution in [1.29, 1.82) is 0 Å². The largest absolute Gasteiger partial charge is 0.354 e. The standard InChI is InChI=1S/C28H30Cl2FN3O4S/c1-3-14-32-28(36)26(4-2)33(18-20-10-12-23(31)13-11-20)27(35)19-34(24-16-21(29)15-22(30)17-24)39(37,38)25-8-6-5-7-9-25/h5-13,15-17,26H,3-4,14,18-19H2,1-2H3,(H,32,36)/t26-/m0/s1. The highest BCUT2D eigenvalue weighted by atomic mass is 35.5. The van der Waals surface area contributed by atoms with E-state index in [1.54, 1.807) is 25.1 Å². The first-order valence-corrected chi connectivity index (χ1v) is 14.6. The maximum atomic E-state index is 13.9. The average molecular weight is 595 g/mol. The second-order valence-electron chi connectivity index (χ2n) is 8.82. The first-order chi connectivity index (χ1) is 18.6. The maximum absolute atomic E-state index is 13.9. The van der Waals surface area contributed by atoms with Crippen LogP contribution in [0, 0.1) is 5.82 Å². The van der Waals surface area contributed by atoms with Gasteiger partial charge < -0.3 is 10.2 Å². The third kappa shape index (κ3) is 7.94. The van der Waals surface area contributed by atoms with Crippen molar-refractivity contribution in [3.63, 3.8) is 0 Å². The van der Waals surface area contributed by atoms with Crippen LogP contribution in [-0.4, -0.2) is 44.3 Å². The molecule has 208 valence electrons. The molecule has 0 fully saturated rings. The van der Waals surface area contributed by atoms with E-state index in [9.17, 15) is 22.4 Å². The first kappa shape index (κ1) is 30.4. The van der Waals surface area contributed by atoms with Gasteiger partial charge in [0.15, 0.2) is 0 Å². The Labute approximate surface area is 238 Å². The van der Waals surface area contributed by atoms with Crippen LogP contribution in [0.25, 0.3) is 0 Å². The second-order valence-corrected chi connectivity index (χ2v) is 11.6. The molecule has 0 unspecified atom stereocenters. The summed E-state index contributed by atoms with van der Waals surface area (Å²) in [5, 5.41) is 3.18. The smallest absolute Gasteiger partial charge is 0.264 e. The highest BCUT2D eigenvalue weighted by molar-refractivity contribution is 7.92. The normalized spacial score (nSPS) is 12.0. The Morgan fingerprint density at radius 2 is 1.56 bits per heavy atom. The molecular weight excluding hydrogens is 564 g/mol. The second kappa shape index (κ2) is 13.8. The quantitative estimate of drug-likeness (QED) is 0.293. The highest BCUT2D eigenvalue weighted by Gasteiger charge is 2.33. The lowest BCUT2D eigenvalue weighted by Crippen LogP contribution is -2.52. The molecule has 0 saturated carbocycles. The van der Waals surface area contributed by atoms with Gasteiger partial charge in [-0.15, -0.1) is 0 Å². The Bertz CT molecular complexity index is 1370. The van der Waals surface area contributed by atoms with E-state index in [1.807, 2.05) is 6.92 Å². The fraction of sp³-hybridized carbons (Fsp3) is 0.286. The molecule has 1 atom stereocenters. The zero-order valence-corrected chi connectivity index (χ0v) is 23.9. The summed E-state index contributed by atoms with van der Waals surface area (Å²) >= 11 is 12.4. The summed E-state index contributed by atoms with van der Waals surface area (Å²) in [5.74, 6) is -1.44. The van der Waals surface area contributed by atoms with Gasteiger partial charge in [-0.1, -0.05) is 67.4 Å². The molecule has 0 aliphatic heterocycles. The van der Waals surface area contributed by atoms with Crippen LogP contribution in [0.4, 0.5) is 10.1 Å². The zero-order valence-electron chi connectivity index (χ0n) is 21.6. The summed E-state index contributed by atoms with van der Waals surface area (Å²) in [6, 6.07) is 16.6. The molecule has 3 aromatic rings. The number of hydrogen-bond donors (Lipinski definition) is 1. The number of hydrogen-bond acceptors (Lipinski definition) is 4. The fourth-order valence-electron chi connectivity index (χ4n) is 4.00. The van der Waals surface area contributed by atoms with E-state index in [0.717, 1.165) is 4.31 Å². The summed E-state index contributed by atoms with van der Waals surface area (Å²) in [7, 11) is -4.24. The van der Waals surface area contributed by atoms with E-state index in [-0.39, 0.29) is 39.5 Å². The SMILES string of the molecule is CCCNC(=O)[C@H](CC)N(Cc1ccc(F)cc1)C(=O)CN(c1cc(Cl)cc(Cl)c1)S(=O)(=O)c1ccccc1. The zero-order chi connectivity index (χ0) is 28.6. The number of sulfonamides is 1. The fourth-order valence-corrected chi connectivity index (χ4v) is 5.94. The number of carbonyl (C=O) groups is 2. The van der Waals surface area contributed by atoms with Crippen LogP contribution in [0.15, 0.2) is 77.7 Å². The minimum absolute atomic E-state index is 0.0350. The van der Waals surface area contributed by atoms with Gasteiger partial charge in [-0.05, 0) is 60.9 Å². The van der Waals surface area contributed by atoms with Crippen molar-refractivity contribution < 1.29 is 22.4 Å². The summed E-state index contributed by atoms with van der Waals surface area (Å²) in [6.07, 6.45) is 0.976. The Balaban J connectivity index is 2.06. The van der Waals surface area contributed by atoms with Gasteiger partial charge in [0.2, 0.25) is 11.8 Å². The number of anilines is 1. The van der Waals surface area contributed by atoms with E-state index in [2.05, 4.69) is 5.32 Å². The Morgan fingerprint density at radius 3 is 2.13 bits per heavy atom. The van der Waals surface area contributed by atoms with Crippen LogP contribution in [0.5, 0.6) is 0 Å². The number of benzene rings is 3. The first-order valence-electron chi connectivity index (χ1n) is 12.4. The molecule has 0 bridgehead atoms. The molecule has 0 heterocycles. The van der Waals surface area contributed by atoms with E-state index in [4.69, 9.17) is 23.2 Å². The maximum Gasteiger partial charge on any atom is 0.264 e. The summed E-state index contributed by atoms with van der Waals surface area (Å²) < 4.78 is 42.0. The van der Waals surface area contributed by atoms with Crippen molar-refractivity contribution in [3.05, 3.63) is 94.2 Å². The molecule has 2 amide bonds. The molecule has 0 spiro atoms. The molecule has 7 nitrogen and oxygen atoms in total. The van der Waals surface area contributed by atoms with Gasteiger partial charge in [-0.2, -0.15) is 0 Å². The Hall–Kier alpha value is -3.14. The van der Waals surface area contributed by atoms with Crippen molar-refractivity contribution in [1.82, 2.24) is 10.2 Å². The number of nitrogens with zero attached hydrogens (tertiary/aromatic N) is 2. The molecule has 3 rings (SSSR count). The number of carbonyl (C=O) groups excluding carboxylic acids is 2. The predicted octanol–water partition coefficient (Wildman–Crippen LogP) is 5.66. The van der Waals surface area contributed by atoms with Gasteiger partial charge in [0, 0.05) is 23.1 Å². The number of amides is 2. The van der Waals surface area contributed by atoms with Gasteiger partial charge >= 0.3 is 0 Å². The van der Waals surface area contributed by atoms with Crippen LogP contribution in [-0.2, 0) is 26.2 Å². The lowest BCUT2D eigenvalue weighted by molar-refractivity contribution is -0.140. The molecule has 0 saturated heterocycles. The topological polar surface area (TPSA) is 86.8 Å². The van der Waals surface area contributed by atoms with Gasteiger partial charge in [-0.25, -0.2) is 12.8 Å². The lowest BCUT2D eigenvalue weighted by Gasteiger charge is -2.33. The van der Waals surface area contributed by atoms with Crippen molar-refractivity contribution >= 4 is 50.7 Å². The van der Waals surface area contributed by atoms with Crippen LogP contribution in [0.2, 0.25) is 10.0 Å². The summed E-state index contributed by atoms with van der Waals surface area (Å²) in [5.41, 5.74) is 0.671. The molecule has 39 heavy (non-hydrogen) atoms. The highest BCUT2D eigenvalue weighted by Crippen LogP contribution is 2.30. The van der Waals surface area contributed by atoms with Crippen molar-refractivity contribution in [2.75, 3.05) is 17.4 Å². The molecule has 0 aliphatic carbocycles. The van der Waals surface area contributed by atoms with Gasteiger partial charge in [0.05, 0.1) is 10.6 Å². The van der Waals surface area contributed by atoms with Crippen LogP contribution < -0.4 is 9.62 Å². The Morgan fingerprint density at radius 1 is 0.949 bits per heavy atom. The number of halogens is 3. The van der Waals surface area contributed by atoms with Crippen molar-refractivity contribution in [2.45, 2.75) is 44.2 Å². The molecule has 1 N–H and O–H groups in total. The molecule has 0 aromatic heterocycles. The summed E-state index contributed by atoms with van der Waals surface area (Å²) in [4.78, 5) is 28.3. The van der Waals surface area contributed by atoms with Crippen molar-refractivity contribution in [3.8, 4) is 0 Å². The molecule has 3 aromatic carbocycles. The number of rotatable bonds is 12. The molecule has 0 radical (unpaired) electrons. The third-order valence-electron chi connectivity index (χ3n) is 5.95. The van der Waals surface area contributed by atoms with Gasteiger partial charge in [0.25, 0.3) is 10.0 Å². The average Bonchev–Trinajstić information content (AvgIpc) is 2.91. The van der Waals surface area contributed by atoms with E-state index >= 15 is 0 Å². The monoisotopic (exact) mass is 593 g/mol. The van der Waals surface area contributed by atoms with E-state index < -0.39 is 34.3 Å². The third-order valence-corrected chi connectivity index (χ3v) is 8.17. The van der Waals surface area contributed by atoms with Crippen LogP contribution in [0.1, 0.15) is 32.3 Å². The minimum atomic E-state index is -4.24. The number of nitrogens with one attached hydrogen (secondary N) is 1. The predicted molar refractivity (Wildman–Crippen MR) is 152 cm³/mol. The van der Waals surface area contributed by atoms with Crippen molar-refractivity contribution in [2.24, 2.45) is 0 Å². The van der Waals surface area contributed by atoms with E-state index in [1.165, 1.54) is 59.5 Å².